The van der Waals surface area contributed by atoms with E-state index in [1.54, 1.807) is 0 Å². The quantitative estimate of drug-likeness (QED) is 0.775. The SMILES string of the molecule is Cc1cnc(N2CCNCC2)nc1C.Cl.N. The molecule has 0 amide bonds. The number of halogens is 1. The molecular formula is C10H20ClN5. The zero-order valence-corrected chi connectivity index (χ0v) is 10.7. The predicted octanol–water partition coefficient (Wildman–Crippen LogP) is 1.09. The van der Waals surface area contributed by atoms with Crippen LogP contribution in [0.15, 0.2) is 6.20 Å². The lowest BCUT2D eigenvalue weighted by Gasteiger charge is -2.27. The maximum atomic E-state index is 4.48. The Morgan fingerprint density at radius 3 is 2.44 bits per heavy atom. The summed E-state index contributed by atoms with van der Waals surface area (Å²) in [6, 6.07) is 0. The van der Waals surface area contributed by atoms with Gasteiger partial charge in [0.15, 0.2) is 0 Å². The molecular weight excluding hydrogens is 226 g/mol. The van der Waals surface area contributed by atoms with Gasteiger partial charge in [-0.05, 0) is 19.4 Å². The second-order valence-electron chi connectivity index (χ2n) is 3.68. The van der Waals surface area contributed by atoms with Crippen LogP contribution in [0.3, 0.4) is 0 Å². The Hall–Kier alpha value is -0.910. The Labute approximate surface area is 103 Å². The molecule has 0 spiro atoms. The number of rotatable bonds is 1. The number of nitrogens with zero attached hydrogens (tertiary/aromatic N) is 3. The van der Waals surface area contributed by atoms with Crippen molar-refractivity contribution in [2.75, 3.05) is 31.1 Å². The van der Waals surface area contributed by atoms with Gasteiger partial charge >= 0.3 is 0 Å². The zero-order chi connectivity index (χ0) is 9.97. The number of hydrogen-bond acceptors (Lipinski definition) is 5. The normalized spacial score (nSPS) is 15.0. The molecule has 1 fully saturated rings. The zero-order valence-electron chi connectivity index (χ0n) is 9.86. The van der Waals surface area contributed by atoms with Crippen molar-refractivity contribution in [3.05, 3.63) is 17.5 Å². The summed E-state index contributed by atoms with van der Waals surface area (Å²) in [4.78, 5) is 11.1. The summed E-state index contributed by atoms with van der Waals surface area (Å²) in [5.74, 6) is 0.870. The monoisotopic (exact) mass is 245 g/mol. The van der Waals surface area contributed by atoms with E-state index < -0.39 is 0 Å². The highest BCUT2D eigenvalue weighted by Gasteiger charge is 2.12. The van der Waals surface area contributed by atoms with Crippen molar-refractivity contribution in [3.63, 3.8) is 0 Å². The van der Waals surface area contributed by atoms with Gasteiger partial charge in [-0.15, -0.1) is 12.4 Å². The molecule has 0 aromatic carbocycles. The van der Waals surface area contributed by atoms with Gasteiger partial charge in [0.1, 0.15) is 0 Å². The van der Waals surface area contributed by atoms with E-state index in [0.29, 0.717) is 0 Å². The van der Waals surface area contributed by atoms with E-state index >= 15 is 0 Å². The lowest BCUT2D eigenvalue weighted by atomic mass is 10.3. The van der Waals surface area contributed by atoms with E-state index in [1.165, 1.54) is 0 Å². The van der Waals surface area contributed by atoms with Gasteiger partial charge in [-0.1, -0.05) is 0 Å². The molecule has 1 aliphatic heterocycles. The first-order valence-corrected chi connectivity index (χ1v) is 5.03. The molecule has 1 aromatic heterocycles. The second kappa shape index (κ2) is 6.62. The van der Waals surface area contributed by atoms with Crippen LogP contribution in [0.4, 0.5) is 5.95 Å². The summed E-state index contributed by atoms with van der Waals surface area (Å²) in [5, 5.41) is 3.31. The minimum Gasteiger partial charge on any atom is -0.344 e. The number of aromatic nitrogens is 2. The van der Waals surface area contributed by atoms with Crippen LogP contribution in [0.2, 0.25) is 0 Å². The molecule has 6 heteroatoms. The summed E-state index contributed by atoms with van der Waals surface area (Å²) in [7, 11) is 0. The highest BCUT2D eigenvalue weighted by atomic mass is 35.5. The number of aryl methyl sites for hydroxylation is 2. The summed E-state index contributed by atoms with van der Waals surface area (Å²) in [5.41, 5.74) is 2.23. The van der Waals surface area contributed by atoms with E-state index in [1.807, 2.05) is 20.0 Å². The molecule has 92 valence electrons. The van der Waals surface area contributed by atoms with E-state index in [4.69, 9.17) is 0 Å². The molecule has 5 nitrogen and oxygen atoms in total. The second-order valence-corrected chi connectivity index (χ2v) is 3.68. The highest BCUT2D eigenvalue weighted by Crippen LogP contribution is 2.10. The van der Waals surface area contributed by atoms with Crippen LogP contribution in [-0.2, 0) is 0 Å². The van der Waals surface area contributed by atoms with Gasteiger partial charge in [0, 0.05) is 38.1 Å². The minimum atomic E-state index is 0. The smallest absolute Gasteiger partial charge is 0.225 e. The predicted molar refractivity (Wildman–Crippen MR) is 68.9 cm³/mol. The number of hydrogen-bond donors (Lipinski definition) is 2. The van der Waals surface area contributed by atoms with Crippen LogP contribution in [0.1, 0.15) is 11.3 Å². The highest BCUT2D eigenvalue weighted by molar-refractivity contribution is 5.85. The van der Waals surface area contributed by atoms with Gasteiger partial charge < -0.3 is 16.4 Å². The lowest BCUT2D eigenvalue weighted by Crippen LogP contribution is -2.44. The maximum Gasteiger partial charge on any atom is 0.225 e. The van der Waals surface area contributed by atoms with Gasteiger partial charge in [0.2, 0.25) is 5.95 Å². The van der Waals surface area contributed by atoms with Crippen molar-refractivity contribution in [1.82, 2.24) is 21.4 Å². The van der Waals surface area contributed by atoms with Crippen molar-refractivity contribution in [3.8, 4) is 0 Å². The molecule has 2 rings (SSSR count). The Morgan fingerprint density at radius 1 is 1.25 bits per heavy atom. The molecule has 2 heterocycles. The summed E-state index contributed by atoms with van der Waals surface area (Å²) < 4.78 is 0. The van der Waals surface area contributed by atoms with Crippen LogP contribution < -0.4 is 16.4 Å². The van der Waals surface area contributed by atoms with E-state index in [0.717, 1.165) is 43.4 Å². The Bertz CT molecular complexity index is 325. The molecule has 1 saturated heterocycles. The van der Waals surface area contributed by atoms with Crippen LogP contribution in [0.25, 0.3) is 0 Å². The Kier molecular flexibility index (Phi) is 6.25. The minimum absolute atomic E-state index is 0. The van der Waals surface area contributed by atoms with Crippen LogP contribution in [0, 0.1) is 13.8 Å². The van der Waals surface area contributed by atoms with Crippen molar-refractivity contribution < 1.29 is 0 Å². The third-order valence-electron chi connectivity index (χ3n) is 2.61. The van der Waals surface area contributed by atoms with E-state index in [-0.39, 0.29) is 18.6 Å². The molecule has 0 saturated carbocycles. The molecule has 0 unspecified atom stereocenters. The fourth-order valence-electron chi connectivity index (χ4n) is 1.53. The lowest BCUT2D eigenvalue weighted by molar-refractivity contribution is 0.579. The van der Waals surface area contributed by atoms with Gasteiger partial charge in [-0.3, -0.25) is 0 Å². The number of piperazine rings is 1. The largest absolute Gasteiger partial charge is 0.344 e. The van der Waals surface area contributed by atoms with Crippen LogP contribution >= 0.6 is 12.4 Å². The molecule has 4 N–H and O–H groups in total. The van der Waals surface area contributed by atoms with E-state index in [9.17, 15) is 0 Å². The van der Waals surface area contributed by atoms with Gasteiger partial charge in [0.05, 0.1) is 0 Å². The summed E-state index contributed by atoms with van der Waals surface area (Å²) in [6.07, 6.45) is 1.90. The van der Waals surface area contributed by atoms with E-state index in [2.05, 4.69) is 20.2 Å². The first-order chi connectivity index (χ1) is 6.77. The fourth-order valence-corrected chi connectivity index (χ4v) is 1.53. The van der Waals surface area contributed by atoms with Crippen LogP contribution in [-0.4, -0.2) is 36.1 Å². The molecule has 0 aliphatic carbocycles. The standard InChI is InChI=1S/C10H16N4.ClH.H3N/c1-8-7-12-10(13-9(8)2)14-5-3-11-4-6-14;;/h7,11H,3-6H2,1-2H3;1H;1H3. The molecule has 0 radical (unpaired) electrons. The Balaban J connectivity index is 0.00000112. The molecule has 0 atom stereocenters. The maximum absolute atomic E-state index is 4.48. The first kappa shape index (κ1) is 15.1. The number of nitrogens with one attached hydrogen (secondary N) is 1. The van der Waals surface area contributed by atoms with Gasteiger partial charge in [0.25, 0.3) is 0 Å². The average Bonchev–Trinajstić information content (AvgIpc) is 2.23. The van der Waals surface area contributed by atoms with Crippen molar-refractivity contribution in [1.29, 1.82) is 0 Å². The third kappa shape index (κ3) is 3.30. The topological polar surface area (TPSA) is 76.1 Å². The van der Waals surface area contributed by atoms with Crippen molar-refractivity contribution in [2.45, 2.75) is 13.8 Å². The van der Waals surface area contributed by atoms with Crippen molar-refractivity contribution >= 4 is 18.4 Å². The molecule has 1 aliphatic rings. The third-order valence-corrected chi connectivity index (χ3v) is 2.61. The van der Waals surface area contributed by atoms with Crippen LogP contribution in [0.5, 0.6) is 0 Å². The molecule has 1 aromatic rings. The first-order valence-electron chi connectivity index (χ1n) is 5.03. The van der Waals surface area contributed by atoms with Gasteiger partial charge in [-0.2, -0.15) is 0 Å². The van der Waals surface area contributed by atoms with Gasteiger partial charge in [-0.25, -0.2) is 9.97 Å². The summed E-state index contributed by atoms with van der Waals surface area (Å²) in [6.45, 7) is 8.12. The van der Waals surface area contributed by atoms with Crippen molar-refractivity contribution in [2.24, 2.45) is 0 Å². The molecule has 0 bridgehead atoms. The summed E-state index contributed by atoms with van der Waals surface area (Å²) >= 11 is 0. The Morgan fingerprint density at radius 2 is 1.88 bits per heavy atom. The number of anilines is 1. The average molecular weight is 246 g/mol. The fraction of sp³-hybridized carbons (Fsp3) is 0.600. The molecule has 16 heavy (non-hydrogen) atoms.